The quantitative estimate of drug-likeness (QED) is 0.733. The van der Waals surface area contributed by atoms with Crippen LogP contribution in [-0.2, 0) is 28.6 Å². The lowest BCUT2D eigenvalue weighted by molar-refractivity contribution is -0.144. The van der Waals surface area contributed by atoms with Gasteiger partial charge in [0.1, 0.15) is 11.4 Å². The molecule has 8 nitrogen and oxygen atoms in total. The third-order valence-corrected chi connectivity index (χ3v) is 3.43. The fourth-order valence-electron chi connectivity index (χ4n) is 2.43. The maximum Gasteiger partial charge on any atom is 0.340 e. The summed E-state index contributed by atoms with van der Waals surface area (Å²) in [5.41, 5.74) is 0.452. The summed E-state index contributed by atoms with van der Waals surface area (Å²) < 4.78 is 14.8. The molecular formula is C16H18N2O6. The predicted octanol–water partition coefficient (Wildman–Crippen LogP) is 0.742. The first-order valence-electron chi connectivity index (χ1n) is 7.26. The van der Waals surface area contributed by atoms with E-state index in [2.05, 4.69) is 4.98 Å². The number of amides is 1. The molecule has 1 unspecified atom stereocenters. The zero-order valence-electron chi connectivity index (χ0n) is 13.9. The van der Waals surface area contributed by atoms with E-state index >= 15 is 0 Å². The molecule has 2 heterocycles. The molecule has 24 heavy (non-hydrogen) atoms. The molecule has 0 saturated carbocycles. The van der Waals surface area contributed by atoms with Crippen LogP contribution in [0, 0.1) is 6.92 Å². The third-order valence-electron chi connectivity index (χ3n) is 3.43. The van der Waals surface area contributed by atoms with Crippen LogP contribution in [0.1, 0.15) is 12.6 Å². The number of carbonyl (C=O) groups is 3. The van der Waals surface area contributed by atoms with Crippen molar-refractivity contribution in [1.82, 2.24) is 4.98 Å². The normalized spacial score (nSPS) is 17.1. The van der Waals surface area contributed by atoms with Gasteiger partial charge in [0.05, 0.1) is 20.8 Å². The zero-order valence-corrected chi connectivity index (χ0v) is 13.9. The number of aromatic nitrogens is 1. The van der Waals surface area contributed by atoms with Crippen LogP contribution in [0.25, 0.3) is 0 Å². The topological polar surface area (TPSA) is 95.0 Å². The van der Waals surface area contributed by atoms with Crippen LogP contribution in [0.5, 0.6) is 0 Å². The Labute approximate surface area is 139 Å². The van der Waals surface area contributed by atoms with Crippen LogP contribution in [-0.4, -0.2) is 49.7 Å². The molecule has 0 radical (unpaired) electrons. The van der Waals surface area contributed by atoms with Gasteiger partial charge in [0.25, 0.3) is 5.91 Å². The largest absolute Gasteiger partial charge is 0.488 e. The first kappa shape index (κ1) is 17.5. The lowest BCUT2D eigenvalue weighted by atomic mass is 10.1. The van der Waals surface area contributed by atoms with E-state index in [1.807, 2.05) is 0 Å². The molecule has 1 aliphatic heterocycles. The molecule has 128 valence electrons. The summed E-state index contributed by atoms with van der Waals surface area (Å²) in [6.07, 6.45) is 0. The number of aryl methyl sites for hydroxylation is 1. The lowest BCUT2D eigenvalue weighted by Crippen LogP contribution is -2.43. The number of anilines is 1. The minimum Gasteiger partial charge on any atom is -0.488 e. The SMILES string of the molecule is CCOC1=C(C(=O)OC)C(C(=O)OC)N(c2cccc(C)n2)C1=O. The van der Waals surface area contributed by atoms with Gasteiger partial charge in [-0.25, -0.2) is 14.6 Å². The maximum atomic E-state index is 12.8. The Kier molecular flexibility index (Phi) is 5.18. The highest BCUT2D eigenvalue weighted by Gasteiger charge is 2.50. The Morgan fingerprint density at radius 1 is 1.25 bits per heavy atom. The third kappa shape index (κ3) is 2.94. The number of pyridine rings is 1. The number of ether oxygens (including phenoxy) is 3. The molecule has 0 fully saturated rings. The first-order chi connectivity index (χ1) is 11.5. The Bertz CT molecular complexity index is 712. The van der Waals surface area contributed by atoms with Crippen molar-refractivity contribution < 1.29 is 28.6 Å². The van der Waals surface area contributed by atoms with E-state index in [4.69, 9.17) is 14.2 Å². The first-order valence-corrected chi connectivity index (χ1v) is 7.26. The van der Waals surface area contributed by atoms with Crippen molar-refractivity contribution in [2.75, 3.05) is 25.7 Å². The van der Waals surface area contributed by atoms with Crippen molar-refractivity contribution in [3.05, 3.63) is 35.2 Å². The van der Waals surface area contributed by atoms with Crippen molar-refractivity contribution in [2.24, 2.45) is 0 Å². The van der Waals surface area contributed by atoms with Crippen molar-refractivity contribution in [3.8, 4) is 0 Å². The predicted molar refractivity (Wildman–Crippen MR) is 82.9 cm³/mol. The van der Waals surface area contributed by atoms with E-state index in [1.165, 1.54) is 7.11 Å². The fourth-order valence-corrected chi connectivity index (χ4v) is 2.43. The van der Waals surface area contributed by atoms with Crippen LogP contribution in [0.2, 0.25) is 0 Å². The van der Waals surface area contributed by atoms with Crippen LogP contribution in [0.15, 0.2) is 29.5 Å². The summed E-state index contributed by atoms with van der Waals surface area (Å²) >= 11 is 0. The van der Waals surface area contributed by atoms with Gasteiger partial charge in [-0.2, -0.15) is 0 Å². The average molecular weight is 334 g/mol. The van der Waals surface area contributed by atoms with Gasteiger partial charge in [-0.15, -0.1) is 0 Å². The van der Waals surface area contributed by atoms with Gasteiger partial charge < -0.3 is 14.2 Å². The second-order valence-corrected chi connectivity index (χ2v) is 4.91. The standard InChI is InChI=1S/C16H18N2O6/c1-5-24-13-11(15(20)22-3)12(16(21)23-4)18(14(13)19)10-8-6-7-9(2)17-10/h6-8,12H,5H2,1-4H3. The summed E-state index contributed by atoms with van der Waals surface area (Å²) in [7, 11) is 2.33. The minimum absolute atomic E-state index is 0.143. The van der Waals surface area contributed by atoms with E-state index < -0.39 is 23.9 Å². The molecule has 1 atom stereocenters. The fraction of sp³-hybridized carbons (Fsp3) is 0.375. The second kappa shape index (κ2) is 7.12. The molecule has 0 aromatic carbocycles. The summed E-state index contributed by atoms with van der Waals surface area (Å²) in [6.45, 7) is 3.55. The maximum absolute atomic E-state index is 12.8. The number of nitrogens with zero attached hydrogens (tertiary/aromatic N) is 2. The molecule has 2 rings (SSSR count). The van der Waals surface area contributed by atoms with Crippen LogP contribution in [0.3, 0.4) is 0 Å². The highest BCUT2D eigenvalue weighted by molar-refractivity contribution is 6.19. The zero-order chi connectivity index (χ0) is 17.9. The summed E-state index contributed by atoms with van der Waals surface area (Å²) in [6, 6.07) is 3.68. The Morgan fingerprint density at radius 2 is 1.96 bits per heavy atom. The van der Waals surface area contributed by atoms with Gasteiger partial charge in [-0.1, -0.05) is 6.07 Å². The summed E-state index contributed by atoms with van der Waals surface area (Å²) in [4.78, 5) is 42.5. The van der Waals surface area contributed by atoms with E-state index in [1.54, 1.807) is 32.0 Å². The highest BCUT2D eigenvalue weighted by atomic mass is 16.5. The Balaban J connectivity index is 2.62. The summed E-state index contributed by atoms with van der Waals surface area (Å²) in [5, 5.41) is 0. The number of hydrogen-bond acceptors (Lipinski definition) is 7. The minimum atomic E-state index is -1.31. The number of carbonyl (C=O) groups excluding carboxylic acids is 3. The van der Waals surface area contributed by atoms with Crippen molar-refractivity contribution in [1.29, 1.82) is 0 Å². The smallest absolute Gasteiger partial charge is 0.340 e. The second-order valence-electron chi connectivity index (χ2n) is 4.91. The van der Waals surface area contributed by atoms with Crippen LogP contribution < -0.4 is 4.90 Å². The van der Waals surface area contributed by atoms with Crippen molar-refractivity contribution in [2.45, 2.75) is 19.9 Å². The molecule has 1 amide bonds. The van der Waals surface area contributed by atoms with Crippen molar-refractivity contribution in [3.63, 3.8) is 0 Å². The molecule has 0 aliphatic carbocycles. The van der Waals surface area contributed by atoms with Gasteiger partial charge in [-0.3, -0.25) is 9.69 Å². The number of hydrogen-bond donors (Lipinski definition) is 0. The molecule has 0 saturated heterocycles. The summed E-state index contributed by atoms with van der Waals surface area (Å²) in [5.74, 6) is -2.29. The number of methoxy groups -OCH3 is 2. The van der Waals surface area contributed by atoms with E-state index in [0.717, 1.165) is 12.0 Å². The van der Waals surface area contributed by atoms with Gasteiger partial charge in [0.15, 0.2) is 11.8 Å². The number of esters is 2. The molecule has 1 aliphatic rings. The molecule has 1 aromatic rings. The van der Waals surface area contributed by atoms with Gasteiger partial charge in [-0.05, 0) is 26.0 Å². The molecular weight excluding hydrogens is 316 g/mol. The highest BCUT2D eigenvalue weighted by Crippen LogP contribution is 2.32. The van der Waals surface area contributed by atoms with Crippen LogP contribution in [0.4, 0.5) is 5.82 Å². The monoisotopic (exact) mass is 334 g/mol. The lowest BCUT2D eigenvalue weighted by Gasteiger charge is -2.23. The molecule has 1 aromatic heterocycles. The van der Waals surface area contributed by atoms with E-state index in [9.17, 15) is 14.4 Å². The van der Waals surface area contributed by atoms with Gasteiger partial charge >= 0.3 is 11.9 Å². The van der Waals surface area contributed by atoms with E-state index in [-0.39, 0.29) is 23.8 Å². The van der Waals surface area contributed by atoms with E-state index in [0.29, 0.717) is 5.69 Å². The molecule has 0 N–H and O–H groups in total. The average Bonchev–Trinajstić information content (AvgIpc) is 2.86. The molecule has 0 bridgehead atoms. The molecule has 8 heteroatoms. The number of rotatable bonds is 5. The van der Waals surface area contributed by atoms with Crippen molar-refractivity contribution >= 4 is 23.7 Å². The van der Waals surface area contributed by atoms with Crippen LogP contribution >= 0.6 is 0 Å². The molecule has 0 spiro atoms. The van der Waals surface area contributed by atoms with Gasteiger partial charge in [0, 0.05) is 5.69 Å². The van der Waals surface area contributed by atoms with Gasteiger partial charge in [0.2, 0.25) is 0 Å². The Morgan fingerprint density at radius 3 is 2.50 bits per heavy atom. The Hall–Kier alpha value is -2.90.